The first-order chi connectivity index (χ1) is 8.66. The third-order valence-corrected chi connectivity index (χ3v) is 2.96. The summed E-state index contributed by atoms with van der Waals surface area (Å²) in [7, 11) is 0. The lowest BCUT2D eigenvalue weighted by molar-refractivity contribution is -0.124. The Hall–Kier alpha value is -1.91. The van der Waals surface area contributed by atoms with Crippen LogP contribution in [-0.4, -0.2) is 29.0 Å². The highest BCUT2D eigenvalue weighted by atomic mass is 16.1. The first-order valence-electron chi connectivity index (χ1n) is 6.15. The van der Waals surface area contributed by atoms with E-state index < -0.39 is 0 Å². The molecule has 1 amide bonds. The van der Waals surface area contributed by atoms with Crippen LogP contribution in [0, 0.1) is 5.92 Å². The van der Waals surface area contributed by atoms with Gasteiger partial charge in [-0.2, -0.15) is 0 Å². The Bertz CT molecular complexity index is 432. The predicted molar refractivity (Wildman–Crippen MR) is 69.9 cm³/mol. The Labute approximate surface area is 107 Å². The van der Waals surface area contributed by atoms with Gasteiger partial charge in [-0.1, -0.05) is 6.58 Å². The number of anilines is 1. The van der Waals surface area contributed by atoms with Crippen LogP contribution in [0.5, 0.6) is 0 Å². The van der Waals surface area contributed by atoms with E-state index in [9.17, 15) is 4.79 Å². The van der Waals surface area contributed by atoms with Gasteiger partial charge >= 0.3 is 0 Å². The van der Waals surface area contributed by atoms with Crippen LogP contribution in [0.4, 0.5) is 5.95 Å². The molecule has 1 aliphatic rings. The fraction of sp³-hybridized carbons (Fsp3) is 0.462. The molecule has 1 fully saturated rings. The molecular weight excluding hydrogens is 228 g/mol. The van der Waals surface area contributed by atoms with E-state index in [1.54, 1.807) is 25.4 Å². The third kappa shape index (κ3) is 3.06. The van der Waals surface area contributed by atoms with E-state index in [1.807, 2.05) is 0 Å². The monoisotopic (exact) mass is 246 g/mol. The Kier molecular flexibility index (Phi) is 3.92. The highest BCUT2D eigenvalue weighted by molar-refractivity contribution is 5.80. The molecular formula is C13H18N4O. The van der Waals surface area contributed by atoms with Gasteiger partial charge < -0.3 is 10.2 Å². The molecule has 0 spiro atoms. The first kappa shape index (κ1) is 12.5. The van der Waals surface area contributed by atoms with Crippen molar-refractivity contribution in [2.24, 2.45) is 5.92 Å². The molecule has 1 aliphatic heterocycles. The van der Waals surface area contributed by atoms with Gasteiger partial charge in [0.1, 0.15) is 0 Å². The molecule has 1 N–H and O–H groups in total. The zero-order chi connectivity index (χ0) is 13.0. The van der Waals surface area contributed by atoms with Crippen molar-refractivity contribution < 1.29 is 4.79 Å². The topological polar surface area (TPSA) is 58.1 Å². The predicted octanol–water partition coefficient (Wildman–Crippen LogP) is 1.34. The second-order valence-electron chi connectivity index (χ2n) is 4.60. The van der Waals surface area contributed by atoms with E-state index in [0.717, 1.165) is 19.4 Å². The maximum atomic E-state index is 11.9. The van der Waals surface area contributed by atoms with Crippen LogP contribution in [0.3, 0.4) is 0 Å². The number of aromatic nitrogens is 2. The van der Waals surface area contributed by atoms with Crippen molar-refractivity contribution in [2.45, 2.75) is 19.8 Å². The van der Waals surface area contributed by atoms with Crippen LogP contribution in [0.15, 0.2) is 30.7 Å². The standard InChI is InChI=1S/C13H18N4O/c1-10(2)16-12(18)11-5-3-8-17(9-11)13-14-6-4-7-15-13/h4,6-7,11H,1,3,5,8-9H2,2H3,(H,16,18). The zero-order valence-corrected chi connectivity index (χ0v) is 10.6. The van der Waals surface area contributed by atoms with E-state index >= 15 is 0 Å². The maximum Gasteiger partial charge on any atom is 0.228 e. The molecule has 1 atom stereocenters. The summed E-state index contributed by atoms with van der Waals surface area (Å²) in [6, 6.07) is 1.79. The molecule has 0 saturated carbocycles. The molecule has 1 unspecified atom stereocenters. The molecule has 5 heteroatoms. The maximum absolute atomic E-state index is 11.9. The molecule has 1 aromatic heterocycles. The second kappa shape index (κ2) is 5.62. The molecule has 0 aromatic carbocycles. The van der Waals surface area contributed by atoms with Crippen LogP contribution in [0.1, 0.15) is 19.8 Å². The van der Waals surface area contributed by atoms with Crippen molar-refractivity contribution in [3.63, 3.8) is 0 Å². The number of hydrogen-bond acceptors (Lipinski definition) is 4. The van der Waals surface area contributed by atoms with Crippen molar-refractivity contribution in [3.8, 4) is 0 Å². The number of carbonyl (C=O) groups excluding carboxylic acids is 1. The lowest BCUT2D eigenvalue weighted by Crippen LogP contribution is -2.43. The molecule has 0 aliphatic carbocycles. The molecule has 1 saturated heterocycles. The SMILES string of the molecule is C=C(C)NC(=O)C1CCCN(c2ncccn2)C1. The number of allylic oxidation sites excluding steroid dienone is 1. The highest BCUT2D eigenvalue weighted by Crippen LogP contribution is 2.20. The van der Waals surface area contributed by atoms with Crippen molar-refractivity contribution in [1.82, 2.24) is 15.3 Å². The summed E-state index contributed by atoms with van der Waals surface area (Å²) in [4.78, 5) is 22.5. The first-order valence-corrected chi connectivity index (χ1v) is 6.15. The van der Waals surface area contributed by atoms with E-state index in [1.165, 1.54) is 0 Å². The van der Waals surface area contributed by atoms with Crippen LogP contribution < -0.4 is 10.2 Å². The fourth-order valence-electron chi connectivity index (χ4n) is 2.14. The summed E-state index contributed by atoms with van der Waals surface area (Å²) in [5.74, 6) is 0.729. The van der Waals surface area contributed by atoms with Crippen LogP contribution in [0.25, 0.3) is 0 Å². The quantitative estimate of drug-likeness (QED) is 0.874. The molecule has 0 bridgehead atoms. The van der Waals surface area contributed by atoms with E-state index in [2.05, 4.69) is 26.8 Å². The molecule has 0 radical (unpaired) electrons. The van der Waals surface area contributed by atoms with Gasteiger partial charge in [0, 0.05) is 31.2 Å². The number of nitrogens with one attached hydrogen (secondary N) is 1. The third-order valence-electron chi connectivity index (χ3n) is 2.96. The number of hydrogen-bond donors (Lipinski definition) is 1. The lowest BCUT2D eigenvalue weighted by Gasteiger charge is -2.31. The minimum atomic E-state index is -0.0146. The molecule has 18 heavy (non-hydrogen) atoms. The average Bonchev–Trinajstić information content (AvgIpc) is 2.39. The summed E-state index contributed by atoms with van der Waals surface area (Å²) in [5.41, 5.74) is 0.688. The largest absolute Gasteiger partial charge is 0.340 e. The van der Waals surface area contributed by atoms with E-state index in [4.69, 9.17) is 0 Å². The number of rotatable bonds is 3. The minimum Gasteiger partial charge on any atom is -0.340 e. The van der Waals surface area contributed by atoms with Gasteiger partial charge in [-0.05, 0) is 25.8 Å². The van der Waals surface area contributed by atoms with Crippen LogP contribution in [-0.2, 0) is 4.79 Å². The van der Waals surface area contributed by atoms with E-state index in [-0.39, 0.29) is 11.8 Å². The summed E-state index contributed by atoms with van der Waals surface area (Å²) >= 11 is 0. The molecule has 2 heterocycles. The molecule has 96 valence electrons. The molecule has 5 nitrogen and oxygen atoms in total. The van der Waals surface area contributed by atoms with Gasteiger partial charge in [0.2, 0.25) is 11.9 Å². The smallest absolute Gasteiger partial charge is 0.228 e. The summed E-state index contributed by atoms with van der Waals surface area (Å²) < 4.78 is 0. The number of carbonyl (C=O) groups is 1. The van der Waals surface area contributed by atoms with Crippen molar-refractivity contribution in [3.05, 3.63) is 30.7 Å². The summed E-state index contributed by atoms with van der Waals surface area (Å²) in [6.45, 7) is 7.06. The minimum absolute atomic E-state index is 0.0146. The summed E-state index contributed by atoms with van der Waals surface area (Å²) in [6.07, 6.45) is 5.33. The van der Waals surface area contributed by atoms with Crippen molar-refractivity contribution >= 4 is 11.9 Å². The van der Waals surface area contributed by atoms with Gasteiger partial charge in [0.05, 0.1) is 5.92 Å². The van der Waals surface area contributed by atoms with Crippen molar-refractivity contribution in [1.29, 1.82) is 0 Å². The second-order valence-corrected chi connectivity index (χ2v) is 4.60. The lowest BCUT2D eigenvalue weighted by atomic mass is 9.97. The van der Waals surface area contributed by atoms with Gasteiger partial charge in [-0.15, -0.1) is 0 Å². The Morgan fingerprint density at radius 2 is 2.22 bits per heavy atom. The number of amides is 1. The normalized spacial score (nSPS) is 19.4. The summed E-state index contributed by atoms with van der Waals surface area (Å²) in [5, 5.41) is 2.78. The Morgan fingerprint density at radius 1 is 1.50 bits per heavy atom. The van der Waals surface area contributed by atoms with Crippen molar-refractivity contribution in [2.75, 3.05) is 18.0 Å². The fourth-order valence-corrected chi connectivity index (χ4v) is 2.14. The van der Waals surface area contributed by atoms with Gasteiger partial charge in [0.15, 0.2) is 0 Å². The number of nitrogens with zero attached hydrogens (tertiary/aromatic N) is 3. The number of piperidine rings is 1. The molecule has 2 rings (SSSR count). The van der Waals surface area contributed by atoms with Crippen LogP contribution >= 0.6 is 0 Å². The van der Waals surface area contributed by atoms with Crippen LogP contribution in [0.2, 0.25) is 0 Å². The van der Waals surface area contributed by atoms with Gasteiger partial charge in [0.25, 0.3) is 0 Å². The Morgan fingerprint density at radius 3 is 2.89 bits per heavy atom. The molecule has 1 aromatic rings. The zero-order valence-electron chi connectivity index (χ0n) is 10.6. The van der Waals surface area contributed by atoms with Gasteiger partial charge in [-0.25, -0.2) is 9.97 Å². The average molecular weight is 246 g/mol. The highest BCUT2D eigenvalue weighted by Gasteiger charge is 2.26. The van der Waals surface area contributed by atoms with Gasteiger partial charge in [-0.3, -0.25) is 4.79 Å². The Balaban J connectivity index is 2.01. The van der Waals surface area contributed by atoms with E-state index in [0.29, 0.717) is 18.2 Å².